The van der Waals surface area contributed by atoms with Gasteiger partial charge in [-0.1, -0.05) is 31.8 Å². The Bertz CT molecular complexity index is 381. The average Bonchev–Trinajstić information content (AvgIpc) is 2.88. The van der Waals surface area contributed by atoms with E-state index in [1.54, 1.807) is 0 Å². The zero-order valence-electron chi connectivity index (χ0n) is 12.1. The second-order valence-electron chi connectivity index (χ2n) is 6.60. The van der Waals surface area contributed by atoms with Gasteiger partial charge in [-0.15, -0.1) is 0 Å². The van der Waals surface area contributed by atoms with Gasteiger partial charge in [-0.3, -0.25) is 0 Å². The van der Waals surface area contributed by atoms with Crippen LogP contribution in [-0.4, -0.2) is 16.7 Å². The largest absolute Gasteiger partial charge is 0.338 e. The van der Waals surface area contributed by atoms with Gasteiger partial charge in [0.05, 0.1) is 6.04 Å². The molecule has 4 atom stereocenters. The average molecular weight is 263 g/mol. The van der Waals surface area contributed by atoms with E-state index in [-0.39, 0.29) is 6.04 Å². The van der Waals surface area contributed by atoms with Gasteiger partial charge >= 0.3 is 0 Å². The molecule has 0 radical (unpaired) electrons. The van der Waals surface area contributed by atoms with E-state index in [1.165, 1.54) is 32.1 Å². The first-order valence-electron chi connectivity index (χ1n) is 7.79. The van der Waals surface area contributed by atoms with Crippen LogP contribution in [0.5, 0.6) is 0 Å². The molecule has 0 aromatic carbocycles. The third-order valence-corrected chi connectivity index (χ3v) is 4.72. The second kappa shape index (κ2) is 5.61. The van der Waals surface area contributed by atoms with Crippen molar-refractivity contribution in [1.82, 2.24) is 15.5 Å². The SMILES string of the molecule is CC1CCCC(c2noc(C3CC(C)CCN3)n2)C1. The van der Waals surface area contributed by atoms with Crippen LogP contribution in [0, 0.1) is 11.8 Å². The van der Waals surface area contributed by atoms with E-state index in [9.17, 15) is 0 Å². The molecule has 1 aliphatic carbocycles. The van der Waals surface area contributed by atoms with Crippen LogP contribution in [0.2, 0.25) is 0 Å². The molecule has 0 spiro atoms. The Morgan fingerprint density at radius 2 is 1.95 bits per heavy atom. The first-order valence-corrected chi connectivity index (χ1v) is 7.79. The fourth-order valence-corrected chi connectivity index (χ4v) is 3.52. The Labute approximate surface area is 115 Å². The molecule has 1 aromatic rings. The first kappa shape index (κ1) is 13.1. The summed E-state index contributed by atoms with van der Waals surface area (Å²) in [6.07, 6.45) is 7.45. The van der Waals surface area contributed by atoms with Crippen molar-refractivity contribution in [3.63, 3.8) is 0 Å². The molecule has 1 aliphatic heterocycles. The quantitative estimate of drug-likeness (QED) is 0.888. The molecule has 4 heteroatoms. The lowest BCUT2D eigenvalue weighted by atomic mass is 9.82. The number of nitrogens with one attached hydrogen (secondary N) is 1. The summed E-state index contributed by atoms with van der Waals surface area (Å²) < 4.78 is 5.52. The highest BCUT2D eigenvalue weighted by molar-refractivity contribution is 5.01. The molecular weight excluding hydrogens is 238 g/mol. The highest BCUT2D eigenvalue weighted by Gasteiger charge is 2.28. The maximum Gasteiger partial charge on any atom is 0.243 e. The van der Waals surface area contributed by atoms with Crippen molar-refractivity contribution in [2.24, 2.45) is 11.8 Å². The highest BCUT2D eigenvalue weighted by Crippen LogP contribution is 2.35. The van der Waals surface area contributed by atoms with E-state index in [0.29, 0.717) is 5.92 Å². The van der Waals surface area contributed by atoms with Crippen LogP contribution in [0.1, 0.15) is 76.0 Å². The van der Waals surface area contributed by atoms with Crippen LogP contribution in [0.25, 0.3) is 0 Å². The molecule has 4 nitrogen and oxygen atoms in total. The minimum atomic E-state index is 0.269. The molecule has 2 fully saturated rings. The molecule has 2 aliphatic rings. The van der Waals surface area contributed by atoms with Crippen molar-refractivity contribution in [1.29, 1.82) is 0 Å². The lowest BCUT2D eigenvalue weighted by molar-refractivity contribution is 0.257. The Balaban J connectivity index is 1.68. The molecule has 3 rings (SSSR count). The summed E-state index contributed by atoms with van der Waals surface area (Å²) in [5, 5.41) is 7.74. The molecule has 2 heterocycles. The van der Waals surface area contributed by atoms with E-state index in [0.717, 1.165) is 36.5 Å². The third-order valence-electron chi connectivity index (χ3n) is 4.72. The number of rotatable bonds is 2. The fraction of sp³-hybridized carbons (Fsp3) is 0.867. The van der Waals surface area contributed by atoms with Crippen molar-refractivity contribution in [3.8, 4) is 0 Å². The van der Waals surface area contributed by atoms with Gasteiger partial charge in [-0.05, 0) is 44.1 Å². The number of piperidine rings is 1. The van der Waals surface area contributed by atoms with Gasteiger partial charge in [-0.25, -0.2) is 0 Å². The van der Waals surface area contributed by atoms with Crippen molar-refractivity contribution in [2.75, 3.05) is 6.54 Å². The van der Waals surface area contributed by atoms with Crippen molar-refractivity contribution in [2.45, 2.75) is 64.3 Å². The standard InChI is InChI=1S/C15H25N3O/c1-10-4-3-5-12(8-10)14-17-15(19-18-14)13-9-11(2)6-7-16-13/h10-13,16H,3-9H2,1-2H3. The highest BCUT2D eigenvalue weighted by atomic mass is 16.5. The number of hydrogen-bond donors (Lipinski definition) is 1. The van der Waals surface area contributed by atoms with Gasteiger partial charge < -0.3 is 9.84 Å². The zero-order chi connectivity index (χ0) is 13.2. The molecule has 0 amide bonds. The topological polar surface area (TPSA) is 51.0 Å². The van der Waals surface area contributed by atoms with Crippen LogP contribution in [0.4, 0.5) is 0 Å². The Morgan fingerprint density at radius 1 is 1.11 bits per heavy atom. The minimum absolute atomic E-state index is 0.269. The molecule has 19 heavy (non-hydrogen) atoms. The van der Waals surface area contributed by atoms with Gasteiger partial charge in [0.2, 0.25) is 5.89 Å². The van der Waals surface area contributed by atoms with Gasteiger partial charge in [0, 0.05) is 5.92 Å². The van der Waals surface area contributed by atoms with Crippen molar-refractivity contribution >= 4 is 0 Å². The Morgan fingerprint density at radius 3 is 2.74 bits per heavy atom. The van der Waals surface area contributed by atoms with E-state index < -0.39 is 0 Å². The van der Waals surface area contributed by atoms with E-state index >= 15 is 0 Å². The van der Waals surface area contributed by atoms with Crippen molar-refractivity contribution in [3.05, 3.63) is 11.7 Å². The predicted octanol–water partition coefficient (Wildman–Crippen LogP) is 3.42. The second-order valence-corrected chi connectivity index (χ2v) is 6.60. The smallest absolute Gasteiger partial charge is 0.243 e. The number of nitrogens with zero attached hydrogens (tertiary/aromatic N) is 2. The molecule has 1 saturated heterocycles. The van der Waals surface area contributed by atoms with Gasteiger partial charge in [-0.2, -0.15) is 4.98 Å². The van der Waals surface area contributed by atoms with Crippen LogP contribution in [0.3, 0.4) is 0 Å². The summed E-state index contributed by atoms with van der Waals surface area (Å²) in [7, 11) is 0. The maximum absolute atomic E-state index is 5.52. The predicted molar refractivity (Wildman–Crippen MR) is 73.8 cm³/mol. The molecule has 106 valence electrons. The van der Waals surface area contributed by atoms with Gasteiger partial charge in [0.25, 0.3) is 0 Å². The van der Waals surface area contributed by atoms with E-state index in [2.05, 4.69) is 29.3 Å². The first-order chi connectivity index (χ1) is 9.22. The van der Waals surface area contributed by atoms with Crippen LogP contribution in [0.15, 0.2) is 4.52 Å². The molecular formula is C15H25N3O. The van der Waals surface area contributed by atoms with E-state index in [4.69, 9.17) is 4.52 Å². The molecule has 1 saturated carbocycles. The molecule has 0 bridgehead atoms. The summed E-state index contributed by atoms with van der Waals surface area (Å²) in [5.74, 6) is 3.81. The minimum Gasteiger partial charge on any atom is -0.338 e. The summed E-state index contributed by atoms with van der Waals surface area (Å²) in [6.45, 7) is 5.69. The van der Waals surface area contributed by atoms with Crippen LogP contribution < -0.4 is 5.32 Å². The van der Waals surface area contributed by atoms with Crippen molar-refractivity contribution < 1.29 is 4.52 Å². The summed E-state index contributed by atoms with van der Waals surface area (Å²) in [6, 6.07) is 0.269. The lowest BCUT2D eigenvalue weighted by Gasteiger charge is -2.25. The van der Waals surface area contributed by atoms with E-state index in [1.807, 2.05) is 0 Å². The fourth-order valence-electron chi connectivity index (χ4n) is 3.52. The number of aromatic nitrogens is 2. The lowest BCUT2D eigenvalue weighted by Crippen LogP contribution is -2.31. The maximum atomic E-state index is 5.52. The Hall–Kier alpha value is -0.900. The van der Waals surface area contributed by atoms with Gasteiger partial charge in [0.15, 0.2) is 5.82 Å². The third kappa shape index (κ3) is 2.99. The molecule has 1 aromatic heterocycles. The Kier molecular flexibility index (Phi) is 3.87. The molecule has 4 unspecified atom stereocenters. The summed E-state index contributed by atoms with van der Waals surface area (Å²) in [4.78, 5) is 4.69. The monoisotopic (exact) mass is 263 g/mol. The zero-order valence-corrected chi connectivity index (χ0v) is 12.1. The number of hydrogen-bond acceptors (Lipinski definition) is 4. The molecule has 1 N–H and O–H groups in total. The summed E-state index contributed by atoms with van der Waals surface area (Å²) in [5.41, 5.74) is 0. The normalized spacial score (nSPS) is 36.3. The summed E-state index contributed by atoms with van der Waals surface area (Å²) >= 11 is 0. The van der Waals surface area contributed by atoms with Crippen LogP contribution in [-0.2, 0) is 0 Å². The van der Waals surface area contributed by atoms with Crippen LogP contribution >= 0.6 is 0 Å². The van der Waals surface area contributed by atoms with Gasteiger partial charge in [0.1, 0.15) is 0 Å².